The zero-order chi connectivity index (χ0) is 28.9. The summed E-state index contributed by atoms with van der Waals surface area (Å²) in [4.78, 5) is 46.4. The van der Waals surface area contributed by atoms with E-state index in [0.717, 1.165) is 11.4 Å². The predicted molar refractivity (Wildman–Crippen MR) is 149 cm³/mol. The van der Waals surface area contributed by atoms with E-state index in [1.807, 2.05) is 20.0 Å². The molecule has 2 atom stereocenters. The van der Waals surface area contributed by atoms with Crippen molar-refractivity contribution in [2.45, 2.75) is 32.2 Å². The summed E-state index contributed by atoms with van der Waals surface area (Å²) in [5.41, 5.74) is 0. The summed E-state index contributed by atoms with van der Waals surface area (Å²) < 4.78 is 40.6. The Kier molecular flexibility index (Phi) is 13.9. The Hall–Kier alpha value is -2.09. The number of anilines is 3. The van der Waals surface area contributed by atoms with Gasteiger partial charge < -0.3 is 31.6 Å². The van der Waals surface area contributed by atoms with Crippen LogP contribution in [-0.4, -0.2) is 101 Å². The summed E-state index contributed by atoms with van der Waals surface area (Å²) in [7, 11) is 3.26. The first-order chi connectivity index (χ1) is 19.1. The van der Waals surface area contributed by atoms with Gasteiger partial charge in [0.15, 0.2) is 5.82 Å². The summed E-state index contributed by atoms with van der Waals surface area (Å²) in [6, 6.07) is -0.786. The molecule has 1 saturated heterocycles. The van der Waals surface area contributed by atoms with Crippen LogP contribution in [0.1, 0.15) is 20.3 Å². The van der Waals surface area contributed by atoms with Crippen LogP contribution in [0.2, 0.25) is 0 Å². The van der Waals surface area contributed by atoms with E-state index < -0.39 is 30.5 Å². The fraction of sp³-hybridized carbons (Fsp3) is 0.500. The monoisotopic (exact) mass is 709 g/mol. The second kappa shape index (κ2) is 16.1. The largest absolute Gasteiger partial charge is 1.00 e. The van der Waals surface area contributed by atoms with Gasteiger partial charge in [-0.15, -0.1) is 0 Å². The Labute approximate surface area is 303 Å². The minimum absolute atomic E-state index is 0. The number of hydrogen-bond donors (Lipinski definition) is 2. The molecule has 0 saturated carbocycles. The van der Waals surface area contributed by atoms with Crippen molar-refractivity contribution in [3.8, 4) is 5.88 Å². The molecule has 2 aliphatic heterocycles. The van der Waals surface area contributed by atoms with Crippen LogP contribution >= 0.6 is 0 Å². The van der Waals surface area contributed by atoms with Gasteiger partial charge in [0.05, 0.1) is 19.0 Å². The number of alkyl halides is 2. The molecule has 4 heterocycles. The molecule has 2 unspecified atom stereocenters. The normalized spacial score (nSPS) is 19.8. The summed E-state index contributed by atoms with van der Waals surface area (Å²) in [5.74, 6) is -1.87. The zero-order valence-corrected chi connectivity index (χ0v) is 31.1. The molecule has 2 N–H and O–H groups in total. The molecule has 1 fully saturated rings. The van der Waals surface area contributed by atoms with Crippen molar-refractivity contribution in [3.05, 3.63) is 43.9 Å². The van der Waals surface area contributed by atoms with Gasteiger partial charge in [0.25, 0.3) is 5.92 Å². The molecule has 3 amide bonds. The van der Waals surface area contributed by atoms with E-state index in [-0.39, 0.29) is 119 Å². The Balaban J connectivity index is 0.00000308. The number of carbonyl (C=O) groups excluding carboxylic acids is 2. The molecular formula is C26H36CsF2N9O4. The first-order valence-corrected chi connectivity index (χ1v) is 12.9. The van der Waals surface area contributed by atoms with Crippen LogP contribution < -0.4 is 89.2 Å². The molecule has 13 nitrogen and oxygen atoms in total. The molecule has 2 aromatic heterocycles. The molecule has 0 aromatic carbocycles. The Morgan fingerprint density at radius 3 is 2.60 bits per heavy atom. The van der Waals surface area contributed by atoms with E-state index in [4.69, 9.17) is 9.47 Å². The third-order valence-corrected chi connectivity index (χ3v) is 6.58. The minimum atomic E-state index is -3.16. The van der Waals surface area contributed by atoms with Gasteiger partial charge in [0.2, 0.25) is 11.8 Å². The second-order valence-corrected chi connectivity index (χ2v) is 9.67. The van der Waals surface area contributed by atoms with Crippen molar-refractivity contribution in [2.75, 3.05) is 62.4 Å². The van der Waals surface area contributed by atoms with E-state index in [9.17, 15) is 18.4 Å². The van der Waals surface area contributed by atoms with E-state index in [1.165, 1.54) is 31.7 Å². The quantitative estimate of drug-likeness (QED) is 0.392. The molecule has 0 radical (unpaired) electrons. The Bertz CT molecular complexity index is 1240. The van der Waals surface area contributed by atoms with Gasteiger partial charge in [0, 0.05) is 51.8 Å². The maximum absolute atomic E-state index is 15.0. The number of rotatable bonds is 7. The van der Waals surface area contributed by atoms with Crippen molar-refractivity contribution in [2.24, 2.45) is 5.92 Å². The van der Waals surface area contributed by atoms with Crippen LogP contribution in [0.3, 0.4) is 0 Å². The topological polar surface area (TPSA) is 138 Å². The van der Waals surface area contributed by atoms with Crippen molar-refractivity contribution >= 4 is 29.7 Å². The van der Waals surface area contributed by atoms with Crippen LogP contribution in [0.5, 0.6) is 5.88 Å². The molecule has 0 aliphatic carbocycles. The number of carbonyl (C=O) groups is 2. The van der Waals surface area contributed by atoms with E-state index >= 15 is 0 Å². The van der Waals surface area contributed by atoms with Crippen molar-refractivity contribution in [1.82, 2.24) is 29.7 Å². The molecular weight excluding hydrogens is 673 g/mol. The molecule has 2 aromatic rings. The van der Waals surface area contributed by atoms with Gasteiger partial charge in [-0.3, -0.25) is 10.6 Å². The summed E-state index contributed by atoms with van der Waals surface area (Å²) in [6.45, 7) is 5.30. The number of aromatic nitrogens is 4. The average molecular weight is 710 g/mol. The maximum atomic E-state index is 15.0. The van der Waals surface area contributed by atoms with Gasteiger partial charge >= 0.3 is 81.0 Å². The van der Waals surface area contributed by atoms with Crippen LogP contribution in [-0.2, 0) is 4.74 Å². The maximum Gasteiger partial charge on any atom is 1.00 e. The third kappa shape index (κ3) is 9.46. The fourth-order valence-corrected chi connectivity index (χ4v) is 4.44. The smallest absolute Gasteiger partial charge is 0.477 e. The minimum Gasteiger partial charge on any atom is -0.477 e. The number of likely N-dealkylation sites (N-methyl/N-ethyl adjacent to an activating group) is 2. The summed E-state index contributed by atoms with van der Waals surface area (Å²) in [6.07, 6.45) is 4.64. The van der Waals surface area contributed by atoms with Gasteiger partial charge in [-0.05, 0) is 26.1 Å². The molecule has 16 heteroatoms. The Morgan fingerprint density at radius 1 is 1.17 bits per heavy atom. The Morgan fingerprint density at radius 2 is 1.93 bits per heavy atom. The molecule has 4 rings (SSSR count). The van der Waals surface area contributed by atoms with Crippen LogP contribution in [0.4, 0.5) is 36.0 Å². The van der Waals surface area contributed by atoms with Gasteiger partial charge in [-0.25, -0.2) is 33.3 Å². The van der Waals surface area contributed by atoms with E-state index in [1.54, 1.807) is 11.8 Å². The molecule has 224 valence electrons. The number of urea groups is 1. The second-order valence-electron chi connectivity index (χ2n) is 9.67. The van der Waals surface area contributed by atoms with Crippen molar-refractivity contribution < 1.29 is 96.7 Å². The van der Waals surface area contributed by atoms with Gasteiger partial charge in [-0.2, -0.15) is 4.98 Å². The van der Waals surface area contributed by atoms with Crippen LogP contribution in [0, 0.1) is 13.3 Å². The SMILES string of the molecule is CCOc1cnc(NC(=O)N(C)C2CN(c3nccc(NC(=O)OC4=CCN(C)CC4C)n3)CCC2(F)F)cn1.[CH3-].[Cs+]. The first-order valence-electron chi connectivity index (χ1n) is 12.9. The van der Waals surface area contributed by atoms with E-state index in [0.29, 0.717) is 18.9 Å². The summed E-state index contributed by atoms with van der Waals surface area (Å²) in [5, 5.41) is 5.05. The zero-order valence-electron chi connectivity index (χ0n) is 24.8. The van der Waals surface area contributed by atoms with Crippen LogP contribution in [0.25, 0.3) is 0 Å². The van der Waals surface area contributed by atoms with Crippen molar-refractivity contribution in [3.63, 3.8) is 0 Å². The first kappa shape index (κ1) is 36.1. The molecule has 42 heavy (non-hydrogen) atoms. The number of piperidine rings is 1. The fourth-order valence-electron chi connectivity index (χ4n) is 4.44. The van der Waals surface area contributed by atoms with Gasteiger partial charge in [-0.1, -0.05) is 6.92 Å². The molecule has 0 spiro atoms. The molecule has 2 aliphatic rings. The number of ether oxygens (including phenoxy) is 2. The predicted octanol–water partition coefficient (Wildman–Crippen LogP) is 0.511. The third-order valence-electron chi connectivity index (χ3n) is 6.58. The number of nitrogens with one attached hydrogen (secondary N) is 2. The van der Waals surface area contributed by atoms with Crippen LogP contribution in [0.15, 0.2) is 36.5 Å². The number of halogens is 2. The number of amides is 3. The number of nitrogens with zero attached hydrogens (tertiary/aromatic N) is 7. The number of hydrogen-bond acceptors (Lipinski definition) is 10. The van der Waals surface area contributed by atoms with E-state index in [2.05, 4.69) is 35.5 Å². The standard InChI is InChI=1S/C25H33F2N9O4.CH3.Cs/c1-5-39-21-13-29-20(12-30-21)32-23(37)35(4)18-15-36(11-8-25(18,26)27)22-28-9-6-19(31-22)33-24(38)40-17-7-10-34(3)14-16(17)2;;/h6-7,9,12-13,16,18H,5,8,10-11,14-15H2,1-4H3,(H,29,32,37)(H,28,31,33,38);1H3;/q;-1;+1. The molecule has 0 bridgehead atoms. The average Bonchev–Trinajstić information content (AvgIpc) is 2.91. The van der Waals surface area contributed by atoms with Crippen molar-refractivity contribution in [1.29, 1.82) is 0 Å². The van der Waals surface area contributed by atoms with Gasteiger partial charge in [0.1, 0.15) is 17.6 Å². The summed E-state index contributed by atoms with van der Waals surface area (Å²) >= 11 is 0.